The molecule has 2 aromatic heterocycles. The molecule has 0 saturated heterocycles. The molecule has 0 spiro atoms. The van der Waals surface area contributed by atoms with Crippen molar-refractivity contribution < 1.29 is 14.3 Å². The summed E-state index contributed by atoms with van der Waals surface area (Å²) < 4.78 is 4.64. The minimum atomic E-state index is -1.32. The number of hydrogen-bond acceptors (Lipinski definition) is 5. The van der Waals surface area contributed by atoms with Crippen molar-refractivity contribution in [2.24, 2.45) is 0 Å². The molecule has 0 aliphatic rings. The molecular formula is C12H6N2O4. The van der Waals surface area contributed by atoms with Gasteiger partial charge in [-0.3, -0.25) is 0 Å². The molecule has 0 aliphatic heterocycles. The SMILES string of the molecule is O=C(O)c1cc2nc3ccccc3nc2c(=O)o1. The molecular weight excluding hydrogens is 236 g/mol. The molecule has 0 atom stereocenters. The average molecular weight is 242 g/mol. The van der Waals surface area contributed by atoms with Crippen LogP contribution in [0, 0.1) is 0 Å². The Balaban J connectivity index is 2.46. The first kappa shape index (κ1) is 10.4. The van der Waals surface area contributed by atoms with E-state index in [-0.39, 0.29) is 11.0 Å². The smallest absolute Gasteiger partial charge is 0.372 e. The van der Waals surface area contributed by atoms with E-state index in [0.717, 1.165) is 0 Å². The Morgan fingerprint density at radius 3 is 2.44 bits per heavy atom. The summed E-state index contributed by atoms with van der Waals surface area (Å²) in [6.45, 7) is 0. The number of aromatic carboxylic acids is 1. The number of fused-ring (bicyclic) bond motifs is 2. The zero-order valence-electron chi connectivity index (χ0n) is 8.95. The largest absolute Gasteiger partial charge is 0.475 e. The van der Waals surface area contributed by atoms with Crippen molar-refractivity contribution in [2.45, 2.75) is 0 Å². The molecule has 0 bridgehead atoms. The van der Waals surface area contributed by atoms with Crippen LogP contribution in [-0.4, -0.2) is 21.0 Å². The monoisotopic (exact) mass is 242 g/mol. The molecule has 0 fully saturated rings. The van der Waals surface area contributed by atoms with E-state index < -0.39 is 17.4 Å². The first-order chi connectivity index (χ1) is 8.65. The summed E-state index contributed by atoms with van der Waals surface area (Å²) in [5.41, 5.74) is 0.580. The van der Waals surface area contributed by atoms with Gasteiger partial charge in [-0.05, 0) is 12.1 Å². The third kappa shape index (κ3) is 1.51. The van der Waals surface area contributed by atoms with Crippen LogP contribution >= 0.6 is 0 Å². The van der Waals surface area contributed by atoms with Crippen molar-refractivity contribution in [2.75, 3.05) is 0 Å². The Morgan fingerprint density at radius 2 is 1.78 bits per heavy atom. The van der Waals surface area contributed by atoms with E-state index in [1.54, 1.807) is 24.3 Å². The summed E-state index contributed by atoms with van der Waals surface area (Å²) >= 11 is 0. The molecule has 18 heavy (non-hydrogen) atoms. The highest BCUT2D eigenvalue weighted by atomic mass is 16.4. The molecule has 2 heterocycles. The Morgan fingerprint density at radius 1 is 1.11 bits per heavy atom. The molecule has 1 N–H and O–H groups in total. The van der Waals surface area contributed by atoms with E-state index in [2.05, 4.69) is 14.4 Å². The maximum atomic E-state index is 11.6. The van der Waals surface area contributed by atoms with Crippen LogP contribution < -0.4 is 5.63 Å². The minimum absolute atomic E-state index is 0.0266. The minimum Gasteiger partial charge on any atom is -0.475 e. The van der Waals surface area contributed by atoms with Crippen LogP contribution in [0.3, 0.4) is 0 Å². The third-order valence-electron chi connectivity index (χ3n) is 2.47. The fourth-order valence-corrected chi connectivity index (χ4v) is 1.67. The van der Waals surface area contributed by atoms with Gasteiger partial charge < -0.3 is 9.52 Å². The number of carboxylic acids is 1. The summed E-state index contributed by atoms with van der Waals surface area (Å²) in [5, 5.41) is 8.80. The third-order valence-corrected chi connectivity index (χ3v) is 2.47. The Hall–Kier alpha value is -2.76. The molecule has 0 aliphatic carbocycles. The lowest BCUT2D eigenvalue weighted by Gasteiger charge is -2.00. The van der Waals surface area contributed by atoms with Gasteiger partial charge in [-0.25, -0.2) is 19.6 Å². The van der Waals surface area contributed by atoms with Crippen LogP contribution in [0.15, 0.2) is 39.5 Å². The standard InChI is InChI=1S/C12H6N2O4/c15-11(16)9-5-8-10(12(17)18-9)14-7-4-2-1-3-6(7)13-8/h1-5H,(H,15,16). The fourth-order valence-electron chi connectivity index (χ4n) is 1.67. The lowest BCUT2D eigenvalue weighted by molar-refractivity contribution is 0.0658. The molecule has 3 rings (SSSR count). The van der Waals surface area contributed by atoms with Gasteiger partial charge in [0.25, 0.3) is 0 Å². The number of rotatable bonds is 1. The second-order valence-corrected chi connectivity index (χ2v) is 3.65. The summed E-state index contributed by atoms with van der Waals surface area (Å²) in [7, 11) is 0. The van der Waals surface area contributed by atoms with Crippen LogP contribution in [-0.2, 0) is 0 Å². The van der Waals surface area contributed by atoms with Gasteiger partial charge in [0, 0.05) is 6.07 Å². The van der Waals surface area contributed by atoms with Gasteiger partial charge in [-0.15, -0.1) is 0 Å². The maximum absolute atomic E-state index is 11.6. The van der Waals surface area contributed by atoms with Crippen LogP contribution in [0.2, 0.25) is 0 Å². The van der Waals surface area contributed by atoms with Crippen LogP contribution in [0.4, 0.5) is 0 Å². The number of carboxylic acid groups (broad SMARTS) is 1. The molecule has 0 unspecified atom stereocenters. The van der Waals surface area contributed by atoms with Gasteiger partial charge in [0.05, 0.1) is 11.0 Å². The molecule has 6 nitrogen and oxygen atoms in total. The number of aromatic nitrogens is 2. The second-order valence-electron chi connectivity index (χ2n) is 3.65. The summed E-state index contributed by atoms with van der Waals surface area (Å²) in [6.07, 6.45) is 0. The molecule has 1 aromatic carbocycles. The van der Waals surface area contributed by atoms with E-state index in [4.69, 9.17) is 5.11 Å². The van der Waals surface area contributed by atoms with Crippen molar-refractivity contribution in [3.05, 3.63) is 46.5 Å². The maximum Gasteiger partial charge on any atom is 0.372 e. The second kappa shape index (κ2) is 3.63. The lowest BCUT2D eigenvalue weighted by atomic mass is 10.2. The first-order valence-corrected chi connectivity index (χ1v) is 5.09. The quantitative estimate of drug-likeness (QED) is 0.649. The molecule has 0 saturated carbocycles. The van der Waals surface area contributed by atoms with Crippen molar-refractivity contribution in [1.29, 1.82) is 0 Å². The highest BCUT2D eigenvalue weighted by molar-refractivity contribution is 5.90. The number of para-hydroxylation sites is 2. The van der Waals surface area contributed by atoms with E-state index in [1.807, 2.05) is 0 Å². The van der Waals surface area contributed by atoms with Crippen molar-refractivity contribution >= 4 is 28.0 Å². The van der Waals surface area contributed by atoms with E-state index in [1.165, 1.54) is 6.07 Å². The van der Waals surface area contributed by atoms with Crippen LogP contribution in [0.25, 0.3) is 22.1 Å². The van der Waals surface area contributed by atoms with Gasteiger partial charge >= 0.3 is 11.6 Å². The van der Waals surface area contributed by atoms with Gasteiger partial charge in [-0.2, -0.15) is 0 Å². The predicted molar refractivity (Wildman–Crippen MR) is 62.5 cm³/mol. The van der Waals surface area contributed by atoms with Gasteiger partial charge in [-0.1, -0.05) is 12.1 Å². The zero-order chi connectivity index (χ0) is 12.7. The van der Waals surface area contributed by atoms with Crippen molar-refractivity contribution in [3.63, 3.8) is 0 Å². The zero-order valence-corrected chi connectivity index (χ0v) is 8.95. The topological polar surface area (TPSA) is 93.3 Å². The van der Waals surface area contributed by atoms with Gasteiger partial charge in [0.15, 0.2) is 5.52 Å². The molecule has 3 aromatic rings. The highest BCUT2D eigenvalue weighted by Gasteiger charge is 2.13. The highest BCUT2D eigenvalue weighted by Crippen LogP contribution is 2.14. The van der Waals surface area contributed by atoms with Crippen LogP contribution in [0.5, 0.6) is 0 Å². The van der Waals surface area contributed by atoms with E-state index >= 15 is 0 Å². The normalized spacial score (nSPS) is 10.9. The Bertz CT molecular complexity index is 838. The number of nitrogens with zero attached hydrogens (tertiary/aromatic N) is 2. The molecule has 0 radical (unpaired) electrons. The summed E-state index contributed by atoms with van der Waals surface area (Å²) in [5.74, 6) is -1.76. The molecule has 6 heteroatoms. The molecule has 0 amide bonds. The van der Waals surface area contributed by atoms with E-state index in [9.17, 15) is 9.59 Å². The number of hydrogen-bond donors (Lipinski definition) is 1. The van der Waals surface area contributed by atoms with Crippen molar-refractivity contribution in [3.8, 4) is 0 Å². The molecule has 88 valence electrons. The first-order valence-electron chi connectivity index (χ1n) is 5.09. The van der Waals surface area contributed by atoms with E-state index in [0.29, 0.717) is 11.0 Å². The Labute approximate surface area is 99.5 Å². The predicted octanol–water partition coefficient (Wildman–Crippen LogP) is 1.43. The van der Waals surface area contributed by atoms with Crippen LogP contribution in [0.1, 0.15) is 10.6 Å². The van der Waals surface area contributed by atoms with Gasteiger partial charge in [0.2, 0.25) is 5.76 Å². The number of benzene rings is 1. The average Bonchev–Trinajstić information content (AvgIpc) is 2.36. The lowest BCUT2D eigenvalue weighted by Crippen LogP contribution is -2.08. The Kier molecular flexibility index (Phi) is 2.09. The number of carbonyl (C=O) groups is 1. The van der Waals surface area contributed by atoms with Gasteiger partial charge in [0.1, 0.15) is 5.52 Å². The van der Waals surface area contributed by atoms with Crippen molar-refractivity contribution in [1.82, 2.24) is 9.97 Å². The summed E-state index contributed by atoms with van der Waals surface area (Å²) in [4.78, 5) is 30.7. The summed E-state index contributed by atoms with van der Waals surface area (Å²) in [6, 6.07) is 8.20. The fraction of sp³-hybridized carbons (Fsp3) is 0.